The molecule has 1 saturated heterocycles. The number of rotatable bonds is 8. The minimum atomic E-state index is -0.785. The monoisotopic (exact) mass is 444 g/mol. The summed E-state index contributed by atoms with van der Waals surface area (Å²) in [7, 11) is 0. The average Bonchev–Trinajstić information content (AvgIpc) is 3.30. The number of thiazole rings is 1. The third-order valence-corrected chi connectivity index (χ3v) is 8.80. The van der Waals surface area contributed by atoms with Crippen LogP contribution in [-0.2, 0) is 10.3 Å². The van der Waals surface area contributed by atoms with Gasteiger partial charge in [-0.05, 0) is 44.1 Å². The van der Waals surface area contributed by atoms with Crippen molar-refractivity contribution in [2.75, 3.05) is 12.3 Å². The lowest BCUT2D eigenvalue weighted by Crippen LogP contribution is -2.80. The Labute approximate surface area is 189 Å². The molecular weight excluding hydrogens is 408 g/mol. The summed E-state index contributed by atoms with van der Waals surface area (Å²) < 4.78 is 5.94. The highest BCUT2D eigenvalue weighted by Crippen LogP contribution is 2.64. The summed E-state index contributed by atoms with van der Waals surface area (Å²) in [6.45, 7) is 8.82. The molecule has 8 N–H and O–H groups in total. The van der Waals surface area contributed by atoms with Crippen molar-refractivity contribution >= 4 is 16.5 Å². The largest absolute Gasteiger partial charge is 0.481 e. The standard InChI is InChI=1S/C23H36N6OS/c1-3-9-22(18-15-31-19(24)28-18)23(26,10-4-2)20(12-13-29(22)27,17-7-5-8-17)16-21(25)11-6-14-30-21/h3-4,6,14-15,17H,1-2,5,7-13,16,25-27H2,(H2,24,28). The van der Waals surface area contributed by atoms with Crippen molar-refractivity contribution in [1.82, 2.24) is 9.99 Å². The lowest BCUT2D eigenvalue weighted by molar-refractivity contribution is -0.178. The minimum Gasteiger partial charge on any atom is -0.481 e. The van der Waals surface area contributed by atoms with E-state index in [0.29, 0.717) is 43.3 Å². The highest BCUT2D eigenvalue weighted by molar-refractivity contribution is 7.13. The van der Waals surface area contributed by atoms with Crippen LogP contribution in [0.25, 0.3) is 0 Å². The summed E-state index contributed by atoms with van der Waals surface area (Å²) in [5.41, 5.74) is 18.7. The van der Waals surface area contributed by atoms with Gasteiger partial charge in [0.15, 0.2) is 10.9 Å². The van der Waals surface area contributed by atoms with Crippen molar-refractivity contribution in [2.45, 2.75) is 68.2 Å². The Morgan fingerprint density at radius 3 is 2.52 bits per heavy atom. The molecule has 31 heavy (non-hydrogen) atoms. The van der Waals surface area contributed by atoms with Crippen molar-refractivity contribution in [3.8, 4) is 0 Å². The Hall–Kier alpha value is -1.71. The second kappa shape index (κ2) is 8.01. The van der Waals surface area contributed by atoms with Crippen LogP contribution in [-0.4, -0.2) is 27.8 Å². The third-order valence-electron chi connectivity index (χ3n) is 8.13. The lowest BCUT2D eigenvalue weighted by atomic mass is 9.44. The smallest absolute Gasteiger partial charge is 0.180 e. The van der Waals surface area contributed by atoms with E-state index in [2.05, 4.69) is 13.2 Å². The van der Waals surface area contributed by atoms with Crippen molar-refractivity contribution in [2.24, 2.45) is 28.6 Å². The van der Waals surface area contributed by atoms with E-state index in [-0.39, 0.29) is 5.41 Å². The molecular formula is C23H36N6OS. The van der Waals surface area contributed by atoms with E-state index in [1.54, 1.807) is 6.26 Å². The molecule has 0 aromatic carbocycles. The first kappa shape index (κ1) is 22.5. The normalized spacial score (nSPS) is 38.5. The lowest BCUT2D eigenvalue weighted by Gasteiger charge is -2.68. The number of nitrogens with zero attached hydrogens (tertiary/aromatic N) is 2. The summed E-state index contributed by atoms with van der Waals surface area (Å²) in [6, 6.07) is 0. The summed E-state index contributed by atoms with van der Waals surface area (Å²) in [6.07, 6.45) is 14.3. The molecule has 4 unspecified atom stereocenters. The van der Waals surface area contributed by atoms with Crippen LogP contribution < -0.4 is 23.0 Å². The average molecular weight is 445 g/mol. The van der Waals surface area contributed by atoms with Gasteiger partial charge < -0.3 is 16.2 Å². The van der Waals surface area contributed by atoms with Gasteiger partial charge in [0.2, 0.25) is 0 Å². The van der Waals surface area contributed by atoms with E-state index in [4.69, 9.17) is 32.8 Å². The van der Waals surface area contributed by atoms with Gasteiger partial charge in [-0.15, -0.1) is 24.5 Å². The molecule has 0 radical (unpaired) electrons. The molecule has 3 heterocycles. The molecule has 170 valence electrons. The zero-order valence-corrected chi connectivity index (χ0v) is 19.1. The fourth-order valence-electron chi connectivity index (χ4n) is 6.51. The molecule has 7 nitrogen and oxygen atoms in total. The molecule has 1 aromatic heterocycles. The maximum absolute atomic E-state index is 7.64. The maximum Gasteiger partial charge on any atom is 0.180 e. The van der Waals surface area contributed by atoms with Gasteiger partial charge >= 0.3 is 0 Å². The van der Waals surface area contributed by atoms with E-state index in [9.17, 15) is 0 Å². The number of aromatic nitrogens is 1. The zero-order chi connectivity index (χ0) is 22.3. The first-order valence-corrected chi connectivity index (χ1v) is 12.0. The van der Waals surface area contributed by atoms with Gasteiger partial charge in [0.25, 0.3) is 0 Å². The van der Waals surface area contributed by atoms with Gasteiger partial charge in [-0.2, -0.15) is 0 Å². The highest BCUT2D eigenvalue weighted by Gasteiger charge is 2.69. The van der Waals surface area contributed by atoms with E-state index in [1.807, 2.05) is 28.6 Å². The molecule has 0 spiro atoms. The minimum absolute atomic E-state index is 0.294. The van der Waals surface area contributed by atoms with Gasteiger partial charge in [0.1, 0.15) is 5.54 Å². The van der Waals surface area contributed by atoms with Crippen molar-refractivity contribution in [1.29, 1.82) is 0 Å². The predicted molar refractivity (Wildman–Crippen MR) is 126 cm³/mol. The number of hydrogen-bond donors (Lipinski definition) is 4. The first-order chi connectivity index (χ1) is 14.8. The van der Waals surface area contributed by atoms with Crippen molar-refractivity contribution in [3.63, 3.8) is 0 Å². The quantitative estimate of drug-likeness (QED) is 0.358. The maximum atomic E-state index is 7.64. The first-order valence-electron chi connectivity index (χ1n) is 11.1. The van der Waals surface area contributed by atoms with Crippen LogP contribution in [0, 0.1) is 11.3 Å². The Kier molecular flexibility index (Phi) is 5.81. The zero-order valence-electron chi connectivity index (χ0n) is 18.3. The van der Waals surface area contributed by atoms with Gasteiger partial charge in [-0.25, -0.2) is 9.99 Å². The van der Waals surface area contributed by atoms with Crippen LogP contribution in [0.2, 0.25) is 0 Å². The Bertz CT molecular complexity index is 858. The van der Waals surface area contributed by atoms with Gasteiger partial charge in [0, 0.05) is 30.2 Å². The van der Waals surface area contributed by atoms with Crippen molar-refractivity contribution < 1.29 is 4.74 Å². The van der Waals surface area contributed by atoms with Crippen molar-refractivity contribution in [3.05, 3.63) is 48.7 Å². The number of hydrazine groups is 1. The second-order valence-corrected chi connectivity index (χ2v) is 10.4. The molecule has 1 aliphatic carbocycles. The number of piperidine rings is 1. The van der Waals surface area contributed by atoms with Gasteiger partial charge in [-0.3, -0.25) is 11.6 Å². The van der Waals surface area contributed by atoms with Gasteiger partial charge in [0.05, 0.1) is 17.5 Å². The number of anilines is 1. The molecule has 4 rings (SSSR count). The summed E-state index contributed by atoms with van der Waals surface area (Å²) in [4.78, 5) is 4.71. The second-order valence-electron chi connectivity index (χ2n) is 9.55. The highest BCUT2D eigenvalue weighted by atomic mass is 32.1. The molecule has 1 aromatic rings. The van der Waals surface area contributed by atoms with Crippen LogP contribution in [0.3, 0.4) is 0 Å². The van der Waals surface area contributed by atoms with Crippen LogP contribution >= 0.6 is 11.3 Å². The molecule has 0 amide bonds. The number of nitrogens with two attached hydrogens (primary N) is 4. The number of nitrogen functional groups attached to an aromatic ring is 1. The molecule has 0 bridgehead atoms. The SMILES string of the molecule is C=CCC1(c2csc(N)n2)N(N)CCC(CC2(N)CC=CO2)(C2CCC2)C1(N)CC=C. The molecule has 4 atom stereocenters. The Morgan fingerprint density at radius 1 is 1.26 bits per heavy atom. The van der Waals surface area contributed by atoms with Gasteiger partial charge in [-0.1, -0.05) is 18.6 Å². The summed E-state index contributed by atoms with van der Waals surface area (Å²) in [5, 5.41) is 4.37. The van der Waals surface area contributed by atoms with E-state index < -0.39 is 16.8 Å². The molecule has 2 fully saturated rings. The van der Waals surface area contributed by atoms with Crippen LogP contribution in [0.5, 0.6) is 0 Å². The Morgan fingerprint density at radius 2 is 2.00 bits per heavy atom. The number of ether oxygens (including phenoxy) is 1. The van der Waals surface area contributed by atoms with Crippen LogP contribution in [0.4, 0.5) is 5.13 Å². The van der Waals surface area contributed by atoms with Crippen LogP contribution in [0.1, 0.15) is 57.1 Å². The summed E-state index contributed by atoms with van der Waals surface area (Å²) in [5.74, 6) is 7.23. The van der Waals surface area contributed by atoms with E-state index >= 15 is 0 Å². The fourth-order valence-corrected chi connectivity index (χ4v) is 7.15. The Balaban J connectivity index is 1.94. The number of hydrogen-bond acceptors (Lipinski definition) is 8. The summed E-state index contributed by atoms with van der Waals surface area (Å²) >= 11 is 1.41. The topological polar surface area (TPSA) is 129 Å². The predicted octanol–water partition coefficient (Wildman–Crippen LogP) is 3.12. The van der Waals surface area contributed by atoms with E-state index in [1.165, 1.54) is 17.8 Å². The molecule has 2 aliphatic heterocycles. The molecule has 3 aliphatic rings. The molecule has 8 heteroatoms. The van der Waals surface area contributed by atoms with Crippen LogP contribution in [0.15, 0.2) is 43.0 Å². The third kappa shape index (κ3) is 3.19. The molecule has 1 saturated carbocycles. The van der Waals surface area contributed by atoms with E-state index in [0.717, 1.165) is 25.0 Å². The fraction of sp³-hybridized carbons (Fsp3) is 0.609.